The van der Waals surface area contributed by atoms with Crippen LogP contribution in [0.3, 0.4) is 0 Å². The number of alkyl halides is 2. The number of fused-ring (bicyclic) bond motifs is 3. The summed E-state index contributed by atoms with van der Waals surface area (Å²) in [6.07, 6.45) is 1.12. The number of nitrogens with one attached hydrogen (secondary N) is 1. The average molecular weight is 466 g/mol. The molecule has 1 aliphatic rings. The number of carbonyl (C=O) groups is 1. The molecule has 4 aromatic rings. The number of nitrogens with zero attached hydrogens (tertiary/aromatic N) is 5. The highest BCUT2D eigenvalue weighted by Gasteiger charge is 2.35. The number of halogens is 2. The number of para-hydroxylation sites is 1. The molecule has 0 spiro atoms. The molecule has 0 bridgehead atoms. The van der Waals surface area contributed by atoms with Crippen molar-refractivity contribution in [1.82, 2.24) is 19.6 Å². The van der Waals surface area contributed by atoms with Crippen LogP contribution >= 0.6 is 0 Å². The predicted molar refractivity (Wildman–Crippen MR) is 125 cm³/mol. The standard InChI is InChI=1S/C24H24F2N6O2/c1-14-11-17(15(2)28-18-6-4-3-5-16(18)23(33)34)20-19(12-14)32-13-27-30-22(32)21(29-20)31-9-7-24(25,26)8-10-31/h3-6,11-13,15,28H,7-10H2,1-2H3,(H,33,34). The minimum absolute atomic E-state index is 0.176. The van der Waals surface area contributed by atoms with Crippen LogP contribution in [0.4, 0.5) is 20.3 Å². The number of hydrogen-bond acceptors (Lipinski definition) is 6. The molecule has 34 heavy (non-hydrogen) atoms. The molecule has 176 valence electrons. The van der Waals surface area contributed by atoms with Crippen molar-refractivity contribution in [3.8, 4) is 0 Å². The van der Waals surface area contributed by atoms with Crippen LogP contribution in [0.2, 0.25) is 0 Å². The van der Waals surface area contributed by atoms with Crippen molar-refractivity contribution in [2.24, 2.45) is 0 Å². The first kappa shape index (κ1) is 22.0. The second-order valence-electron chi connectivity index (χ2n) is 8.74. The van der Waals surface area contributed by atoms with Crippen molar-refractivity contribution in [3.05, 3.63) is 59.4 Å². The molecule has 0 saturated carbocycles. The van der Waals surface area contributed by atoms with E-state index in [0.717, 1.165) is 16.6 Å². The zero-order valence-corrected chi connectivity index (χ0v) is 18.8. The van der Waals surface area contributed by atoms with E-state index in [9.17, 15) is 18.7 Å². The summed E-state index contributed by atoms with van der Waals surface area (Å²) >= 11 is 0. The normalized spacial score (nSPS) is 16.6. The number of benzene rings is 2. The van der Waals surface area contributed by atoms with Gasteiger partial charge in [-0.1, -0.05) is 18.2 Å². The number of aromatic nitrogens is 4. The minimum atomic E-state index is -2.67. The van der Waals surface area contributed by atoms with E-state index in [1.165, 1.54) is 0 Å². The molecular formula is C24H24F2N6O2. The molecule has 3 heterocycles. The smallest absolute Gasteiger partial charge is 0.337 e. The third kappa shape index (κ3) is 3.89. The molecule has 1 fully saturated rings. The molecule has 2 aromatic carbocycles. The van der Waals surface area contributed by atoms with E-state index in [1.54, 1.807) is 30.6 Å². The van der Waals surface area contributed by atoms with Gasteiger partial charge in [-0.05, 0) is 37.6 Å². The maximum Gasteiger partial charge on any atom is 0.337 e. The number of rotatable bonds is 5. The van der Waals surface area contributed by atoms with Gasteiger partial charge in [0.2, 0.25) is 5.65 Å². The summed E-state index contributed by atoms with van der Waals surface area (Å²) in [5.41, 5.74) is 4.51. The SMILES string of the molecule is Cc1cc(C(C)Nc2ccccc2C(=O)O)c2nc(N3CCC(F)(F)CC3)c3nncn3c2c1. The van der Waals surface area contributed by atoms with Crippen LogP contribution in [-0.4, -0.2) is 49.7 Å². The second kappa shape index (κ2) is 8.19. The summed E-state index contributed by atoms with van der Waals surface area (Å²) < 4.78 is 29.4. The number of carboxylic acid groups (broad SMARTS) is 1. The van der Waals surface area contributed by atoms with Crippen molar-refractivity contribution in [2.75, 3.05) is 23.3 Å². The van der Waals surface area contributed by atoms with Gasteiger partial charge in [0.15, 0.2) is 5.82 Å². The molecule has 0 radical (unpaired) electrons. The number of piperidine rings is 1. The number of carboxylic acids is 1. The van der Waals surface area contributed by atoms with Crippen molar-refractivity contribution in [3.63, 3.8) is 0 Å². The second-order valence-corrected chi connectivity index (χ2v) is 8.74. The van der Waals surface area contributed by atoms with Crippen LogP contribution in [0.1, 0.15) is 47.3 Å². The number of aryl methyl sites for hydroxylation is 1. The van der Waals surface area contributed by atoms with Crippen molar-refractivity contribution < 1.29 is 18.7 Å². The fourth-order valence-electron chi connectivity index (χ4n) is 4.51. The Morgan fingerprint density at radius 2 is 1.94 bits per heavy atom. The highest BCUT2D eigenvalue weighted by atomic mass is 19.3. The lowest BCUT2D eigenvalue weighted by molar-refractivity contribution is -0.0221. The van der Waals surface area contributed by atoms with Gasteiger partial charge in [0, 0.05) is 37.2 Å². The highest BCUT2D eigenvalue weighted by Crippen LogP contribution is 2.34. The monoisotopic (exact) mass is 466 g/mol. The molecule has 1 saturated heterocycles. The number of aromatic carboxylic acids is 1. The summed E-state index contributed by atoms with van der Waals surface area (Å²) in [4.78, 5) is 18.4. The average Bonchev–Trinajstić information content (AvgIpc) is 3.29. The molecule has 8 nitrogen and oxygen atoms in total. The third-order valence-electron chi connectivity index (χ3n) is 6.28. The van der Waals surface area contributed by atoms with E-state index >= 15 is 0 Å². The van der Waals surface area contributed by atoms with E-state index in [1.807, 2.05) is 35.3 Å². The Morgan fingerprint density at radius 3 is 2.68 bits per heavy atom. The van der Waals surface area contributed by atoms with Gasteiger partial charge in [0.05, 0.1) is 22.6 Å². The van der Waals surface area contributed by atoms with Gasteiger partial charge in [-0.15, -0.1) is 10.2 Å². The maximum absolute atomic E-state index is 13.8. The van der Waals surface area contributed by atoms with E-state index in [4.69, 9.17) is 4.98 Å². The van der Waals surface area contributed by atoms with Gasteiger partial charge in [0.25, 0.3) is 5.92 Å². The lowest BCUT2D eigenvalue weighted by Gasteiger charge is -2.32. The first-order chi connectivity index (χ1) is 16.2. The van der Waals surface area contributed by atoms with Crippen LogP contribution in [0.5, 0.6) is 0 Å². The van der Waals surface area contributed by atoms with Crippen LogP contribution in [0.25, 0.3) is 16.7 Å². The first-order valence-corrected chi connectivity index (χ1v) is 11.1. The quantitative estimate of drug-likeness (QED) is 0.440. The maximum atomic E-state index is 13.8. The molecule has 10 heteroatoms. The van der Waals surface area contributed by atoms with E-state index in [-0.39, 0.29) is 37.5 Å². The number of hydrogen-bond donors (Lipinski definition) is 2. The van der Waals surface area contributed by atoms with Gasteiger partial charge < -0.3 is 15.3 Å². The molecule has 0 amide bonds. The van der Waals surface area contributed by atoms with Gasteiger partial charge in [0.1, 0.15) is 6.33 Å². The molecule has 0 aliphatic carbocycles. The molecular weight excluding hydrogens is 442 g/mol. The topological polar surface area (TPSA) is 95.6 Å². The Balaban J connectivity index is 1.62. The van der Waals surface area contributed by atoms with Gasteiger partial charge in [-0.25, -0.2) is 18.6 Å². The molecule has 5 rings (SSSR count). The van der Waals surface area contributed by atoms with Crippen LogP contribution in [0.15, 0.2) is 42.7 Å². The Hall–Kier alpha value is -3.82. The zero-order valence-electron chi connectivity index (χ0n) is 18.8. The Morgan fingerprint density at radius 1 is 1.21 bits per heavy atom. The van der Waals surface area contributed by atoms with E-state index < -0.39 is 11.9 Å². The van der Waals surface area contributed by atoms with Crippen LogP contribution in [-0.2, 0) is 0 Å². The number of anilines is 2. The summed E-state index contributed by atoms with van der Waals surface area (Å²) in [5, 5.41) is 21.1. The lowest BCUT2D eigenvalue weighted by atomic mass is 10.0. The van der Waals surface area contributed by atoms with Gasteiger partial charge in [-0.3, -0.25) is 4.40 Å². The Labute approximate surface area is 194 Å². The summed E-state index contributed by atoms with van der Waals surface area (Å²) in [6, 6.07) is 10.4. The zero-order chi connectivity index (χ0) is 24.0. The van der Waals surface area contributed by atoms with Gasteiger partial charge in [-0.2, -0.15) is 0 Å². The lowest BCUT2D eigenvalue weighted by Crippen LogP contribution is -2.40. The molecule has 1 unspecified atom stereocenters. The highest BCUT2D eigenvalue weighted by molar-refractivity contribution is 5.94. The fraction of sp³-hybridized carbons (Fsp3) is 0.333. The minimum Gasteiger partial charge on any atom is -0.478 e. The Kier molecular flexibility index (Phi) is 5.30. The van der Waals surface area contributed by atoms with Crippen molar-refractivity contribution in [1.29, 1.82) is 0 Å². The summed E-state index contributed by atoms with van der Waals surface area (Å²) in [5.74, 6) is -3.17. The van der Waals surface area contributed by atoms with Crippen LogP contribution < -0.4 is 10.2 Å². The fourth-order valence-corrected chi connectivity index (χ4v) is 4.51. The summed E-state index contributed by atoms with van der Waals surface area (Å²) in [6.45, 7) is 4.26. The molecule has 1 atom stereocenters. The van der Waals surface area contributed by atoms with Crippen LogP contribution in [0, 0.1) is 6.92 Å². The molecule has 1 aliphatic heterocycles. The molecule has 2 aromatic heterocycles. The van der Waals surface area contributed by atoms with Gasteiger partial charge >= 0.3 is 5.97 Å². The third-order valence-corrected chi connectivity index (χ3v) is 6.28. The van der Waals surface area contributed by atoms with E-state index in [2.05, 4.69) is 15.5 Å². The predicted octanol–water partition coefficient (Wildman–Crippen LogP) is 4.69. The summed E-state index contributed by atoms with van der Waals surface area (Å²) in [7, 11) is 0. The van der Waals surface area contributed by atoms with Crippen molar-refractivity contribution in [2.45, 2.75) is 38.7 Å². The van der Waals surface area contributed by atoms with E-state index in [0.29, 0.717) is 22.7 Å². The van der Waals surface area contributed by atoms with Crippen molar-refractivity contribution >= 4 is 34.2 Å². The largest absolute Gasteiger partial charge is 0.478 e. The first-order valence-electron chi connectivity index (χ1n) is 11.1. The molecule has 2 N–H and O–H groups in total. The Bertz CT molecular complexity index is 1390.